The van der Waals surface area contributed by atoms with E-state index in [0.717, 1.165) is 5.69 Å². The molecule has 3 rings (SSSR count). The van der Waals surface area contributed by atoms with Crippen LogP contribution in [-0.2, 0) is 11.3 Å². The quantitative estimate of drug-likeness (QED) is 0.837. The number of amides is 1. The fraction of sp³-hybridized carbons (Fsp3) is 0.471. The molecule has 0 saturated heterocycles. The molecule has 1 saturated carbocycles. The molecule has 1 atom stereocenters. The number of hydrogen-bond donors (Lipinski definition) is 2. The highest BCUT2D eigenvalue weighted by Gasteiger charge is 2.37. The minimum atomic E-state index is -0.323. The standard InChI is InChI=1S/C17H21N3O4/c1-10-13(9-23-2)16(20-24-10)17(22)19-15(11-7-12(21)8-11)14-5-3-4-6-18-14/h3-6,11-12,15,21H,7-9H2,1-2H3,(H,19,22). The van der Waals surface area contributed by atoms with Crippen molar-refractivity contribution in [3.63, 3.8) is 0 Å². The van der Waals surface area contributed by atoms with Gasteiger partial charge in [0.05, 0.1) is 30.0 Å². The molecule has 0 radical (unpaired) electrons. The second-order valence-electron chi connectivity index (χ2n) is 6.09. The Kier molecular flexibility index (Phi) is 4.92. The van der Waals surface area contributed by atoms with E-state index in [-0.39, 0.29) is 36.3 Å². The topological polar surface area (TPSA) is 97.5 Å². The van der Waals surface area contributed by atoms with Gasteiger partial charge in [0.2, 0.25) is 0 Å². The summed E-state index contributed by atoms with van der Waals surface area (Å²) >= 11 is 0. The molecule has 24 heavy (non-hydrogen) atoms. The Morgan fingerprint density at radius 1 is 1.50 bits per heavy atom. The van der Waals surface area contributed by atoms with Gasteiger partial charge >= 0.3 is 0 Å². The van der Waals surface area contributed by atoms with Gasteiger partial charge in [0.25, 0.3) is 5.91 Å². The van der Waals surface area contributed by atoms with Crippen molar-refractivity contribution in [1.29, 1.82) is 0 Å². The molecule has 2 aromatic heterocycles. The molecular weight excluding hydrogens is 310 g/mol. The SMILES string of the molecule is COCc1c(C(=O)NC(c2ccccn2)C2CC(O)C2)noc1C. The van der Waals surface area contributed by atoms with Gasteiger partial charge in [-0.1, -0.05) is 11.2 Å². The van der Waals surface area contributed by atoms with Crippen molar-refractivity contribution in [2.75, 3.05) is 7.11 Å². The van der Waals surface area contributed by atoms with Crippen molar-refractivity contribution < 1.29 is 19.2 Å². The molecular formula is C17H21N3O4. The van der Waals surface area contributed by atoms with E-state index in [1.54, 1.807) is 20.2 Å². The lowest BCUT2D eigenvalue weighted by molar-refractivity contribution is 0.0227. The van der Waals surface area contributed by atoms with Crippen LogP contribution in [0.25, 0.3) is 0 Å². The first-order chi connectivity index (χ1) is 11.6. The maximum Gasteiger partial charge on any atom is 0.274 e. The van der Waals surface area contributed by atoms with Crippen LogP contribution in [0.5, 0.6) is 0 Å². The van der Waals surface area contributed by atoms with Crippen molar-refractivity contribution in [3.05, 3.63) is 47.1 Å². The average Bonchev–Trinajstić information content (AvgIpc) is 2.92. The van der Waals surface area contributed by atoms with Gasteiger partial charge in [-0.2, -0.15) is 0 Å². The number of aromatic nitrogens is 2. The van der Waals surface area contributed by atoms with Crippen molar-refractivity contribution in [2.45, 2.75) is 38.5 Å². The number of methoxy groups -OCH3 is 1. The van der Waals surface area contributed by atoms with Gasteiger partial charge in [0.15, 0.2) is 5.69 Å². The lowest BCUT2D eigenvalue weighted by Crippen LogP contribution is -2.42. The van der Waals surface area contributed by atoms with Crippen LogP contribution in [-0.4, -0.2) is 34.4 Å². The van der Waals surface area contributed by atoms with Gasteiger partial charge in [0, 0.05) is 13.3 Å². The lowest BCUT2D eigenvalue weighted by atomic mass is 9.76. The summed E-state index contributed by atoms with van der Waals surface area (Å²) in [5.41, 5.74) is 1.65. The number of hydrogen-bond acceptors (Lipinski definition) is 6. The fourth-order valence-electron chi connectivity index (χ4n) is 2.99. The summed E-state index contributed by atoms with van der Waals surface area (Å²) in [4.78, 5) is 17.0. The van der Waals surface area contributed by atoms with Gasteiger partial charge in [-0.05, 0) is 37.8 Å². The minimum absolute atomic E-state index is 0.151. The van der Waals surface area contributed by atoms with E-state index < -0.39 is 0 Å². The third-order valence-corrected chi connectivity index (χ3v) is 4.40. The molecule has 7 nitrogen and oxygen atoms in total. The van der Waals surface area contributed by atoms with Gasteiger partial charge in [-0.3, -0.25) is 9.78 Å². The van der Waals surface area contributed by atoms with Crippen LogP contribution >= 0.6 is 0 Å². The van der Waals surface area contributed by atoms with E-state index in [1.165, 1.54) is 0 Å². The van der Waals surface area contributed by atoms with Crippen LogP contribution in [0.3, 0.4) is 0 Å². The Hall–Kier alpha value is -2.25. The number of aliphatic hydroxyl groups is 1. The number of nitrogens with zero attached hydrogens (tertiary/aromatic N) is 2. The third-order valence-electron chi connectivity index (χ3n) is 4.40. The molecule has 1 amide bonds. The Morgan fingerprint density at radius 2 is 2.29 bits per heavy atom. The number of ether oxygens (including phenoxy) is 1. The summed E-state index contributed by atoms with van der Waals surface area (Å²) in [6.45, 7) is 2.01. The molecule has 1 aliphatic carbocycles. The van der Waals surface area contributed by atoms with E-state index in [9.17, 15) is 9.90 Å². The fourth-order valence-corrected chi connectivity index (χ4v) is 2.99. The molecule has 2 heterocycles. The minimum Gasteiger partial charge on any atom is -0.393 e. The summed E-state index contributed by atoms with van der Waals surface area (Å²) in [6.07, 6.45) is 2.67. The molecule has 0 aromatic carbocycles. The largest absolute Gasteiger partial charge is 0.393 e. The van der Waals surface area contributed by atoms with E-state index >= 15 is 0 Å². The lowest BCUT2D eigenvalue weighted by Gasteiger charge is -2.37. The van der Waals surface area contributed by atoms with Gasteiger partial charge < -0.3 is 19.7 Å². The predicted molar refractivity (Wildman–Crippen MR) is 85.1 cm³/mol. The maximum absolute atomic E-state index is 12.7. The molecule has 0 bridgehead atoms. The molecule has 0 spiro atoms. The molecule has 1 unspecified atom stereocenters. The Bertz CT molecular complexity index is 695. The van der Waals surface area contributed by atoms with Crippen LogP contribution in [0.4, 0.5) is 0 Å². The highest BCUT2D eigenvalue weighted by Crippen LogP contribution is 2.37. The normalized spacial score (nSPS) is 21.1. The van der Waals surface area contributed by atoms with E-state index in [0.29, 0.717) is 24.2 Å². The van der Waals surface area contributed by atoms with Crippen molar-refractivity contribution >= 4 is 5.91 Å². The van der Waals surface area contributed by atoms with Crippen molar-refractivity contribution in [1.82, 2.24) is 15.5 Å². The highest BCUT2D eigenvalue weighted by molar-refractivity contribution is 5.94. The summed E-state index contributed by atoms with van der Waals surface area (Å²) in [7, 11) is 1.56. The molecule has 2 aromatic rings. The van der Waals surface area contributed by atoms with Crippen LogP contribution < -0.4 is 5.32 Å². The number of carbonyl (C=O) groups excluding carboxylic acids is 1. The number of rotatable bonds is 6. The first-order valence-electron chi connectivity index (χ1n) is 7.94. The highest BCUT2D eigenvalue weighted by atomic mass is 16.5. The second kappa shape index (κ2) is 7.11. The van der Waals surface area contributed by atoms with Crippen LogP contribution in [0.1, 0.15) is 46.4 Å². The Morgan fingerprint density at radius 3 is 2.92 bits per heavy atom. The molecule has 7 heteroatoms. The van der Waals surface area contributed by atoms with Gasteiger partial charge in [-0.25, -0.2) is 0 Å². The number of aryl methyl sites for hydroxylation is 1. The van der Waals surface area contributed by atoms with E-state index in [1.807, 2.05) is 18.2 Å². The summed E-state index contributed by atoms with van der Waals surface area (Å²) in [6, 6.07) is 5.32. The third kappa shape index (κ3) is 3.32. The van der Waals surface area contributed by atoms with Crippen molar-refractivity contribution in [2.24, 2.45) is 5.92 Å². The van der Waals surface area contributed by atoms with E-state index in [2.05, 4.69) is 15.5 Å². The van der Waals surface area contributed by atoms with Crippen molar-refractivity contribution in [3.8, 4) is 0 Å². The monoisotopic (exact) mass is 331 g/mol. The van der Waals surface area contributed by atoms with Crippen LogP contribution in [0.15, 0.2) is 28.9 Å². The van der Waals surface area contributed by atoms with Crippen LogP contribution in [0.2, 0.25) is 0 Å². The summed E-state index contributed by atoms with van der Waals surface area (Å²) in [5, 5.41) is 16.5. The summed E-state index contributed by atoms with van der Waals surface area (Å²) < 4.78 is 10.2. The molecule has 2 N–H and O–H groups in total. The van der Waals surface area contributed by atoms with Gasteiger partial charge in [-0.15, -0.1) is 0 Å². The number of pyridine rings is 1. The van der Waals surface area contributed by atoms with Gasteiger partial charge in [0.1, 0.15) is 5.76 Å². The first-order valence-corrected chi connectivity index (χ1v) is 7.94. The molecule has 1 aliphatic rings. The second-order valence-corrected chi connectivity index (χ2v) is 6.09. The van der Waals surface area contributed by atoms with Crippen LogP contribution in [0, 0.1) is 12.8 Å². The molecule has 1 fully saturated rings. The molecule has 128 valence electrons. The Balaban J connectivity index is 1.81. The zero-order valence-electron chi connectivity index (χ0n) is 13.7. The van der Waals surface area contributed by atoms with E-state index in [4.69, 9.17) is 9.26 Å². The number of aliphatic hydroxyl groups excluding tert-OH is 1. The first kappa shape index (κ1) is 16.6. The number of carbonyl (C=O) groups is 1. The summed E-state index contributed by atoms with van der Waals surface area (Å²) in [5.74, 6) is 0.393. The predicted octanol–water partition coefficient (Wildman–Crippen LogP) is 1.77. The number of nitrogens with one attached hydrogen (secondary N) is 1. The maximum atomic E-state index is 12.7. The average molecular weight is 331 g/mol. The molecule has 0 aliphatic heterocycles. The zero-order valence-corrected chi connectivity index (χ0v) is 13.7. The Labute approximate surface area is 140 Å². The smallest absolute Gasteiger partial charge is 0.274 e. The zero-order chi connectivity index (χ0) is 17.1.